The lowest BCUT2D eigenvalue weighted by Crippen LogP contribution is -3.28. The molecule has 6 nitrogen and oxygen atoms in total. The van der Waals surface area contributed by atoms with Crippen molar-refractivity contribution in [3.05, 3.63) is 60.2 Å². The van der Waals surface area contributed by atoms with Crippen LogP contribution in [0.2, 0.25) is 0 Å². The third kappa shape index (κ3) is 4.55. The van der Waals surface area contributed by atoms with Crippen LogP contribution in [0.3, 0.4) is 0 Å². The summed E-state index contributed by atoms with van der Waals surface area (Å²) in [6, 6.07) is 18.5. The summed E-state index contributed by atoms with van der Waals surface area (Å²) in [5, 5.41) is 4.07. The normalized spacial score (nSPS) is 21.2. The molecule has 3 aromatic rings. The molecule has 0 spiro atoms. The molecular formula is C25H30N4O2+2. The number of quaternary nitrogens is 2. The molecule has 0 unspecified atom stereocenters. The molecule has 1 saturated heterocycles. The van der Waals surface area contributed by atoms with Gasteiger partial charge in [0.25, 0.3) is 5.91 Å². The van der Waals surface area contributed by atoms with Crippen molar-refractivity contribution in [2.75, 3.05) is 39.3 Å². The van der Waals surface area contributed by atoms with E-state index >= 15 is 0 Å². The maximum atomic E-state index is 13.5. The van der Waals surface area contributed by atoms with Gasteiger partial charge in [0.2, 0.25) is 5.78 Å². The summed E-state index contributed by atoms with van der Waals surface area (Å²) in [4.78, 5) is 31.6. The Kier molecular flexibility index (Phi) is 5.57. The molecule has 31 heavy (non-hydrogen) atoms. The lowest BCUT2D eigenvalue weighted by atomic mass is 10.0. The fourth-order valence-electron chi connectivity index (χ4n) is 4.61. The van der Waals surface area contributed by atoms with Gasteiger partial charge in [0, 0.05) is 16.9 Å². The van der Waals surface area contributed by atoms with E-state index in [0.29, 0.717) is 19.1 Å². The number of piperazine rings is 1. The molecule has 1 aromatic heterocycles. The largest absolute Gasteiger partial charge is 0.354 e. The second kappa shape index (κ2) is 8.65. The van der Waals surface area contributed by atoms with Crippen molar-refractivity contribution in [1.29, 1.82) is 0 Å². The van der Waals surface area contributed by atoms with Gasteiger partial charge >= 0.3 is 0 Å². The topological polar surface area (TPSA) is 70.8 Å². The van der Waals surface area contributed by atoms with E-state index in [1.54, 1.807) is 0 Å². The Hall–Kier alpha value is -2.96. The third-order valence-electron chi connectivity index (χ3n) is 6.48. The van der Waals surface area contributed by atoms with Crippen LogP contribution in [0.25, 0.3) is 22.2 Å². The minimum Gasteiger partial charge on any atom is -0.354 e. The number of fused-ring (bicyclic) bond motifs is 1. The molecule has 1 aliphatic carbocycles. The molecule has 1 aliphatic heterocycles. The molecule has 4 N–H and O–H groups in total. The number of aromatic amines is 1. The molecule has 2 heterocycles. The highest BCUT2D eigenvalue weighted by Gasteiger charge is 2.30. The zero-order valence-corrected chi connectivity index (χ0v) is 17.7. The SMILES string of the molecule is O=C(C[NH+]1CC[NH+](CC(=O)c2c(-c3ccccc3)[nH]c3ccccc23)CC1)NC1CC1. The lowest BCUT2D eigenvalue weighted by molar-refractivity contribution is -1.00. The van der Waals surface area contributed by atoms with Gasteiger partial charge in [0.15, 0.2) is 6.54 Å². The van der Waals surface area contributed by atoms with Crippen molar-refractivity contribution in [2.24, 2.45) is 0 Å². The Labute approximate surface area is 182 Å². The van der Waals surface area contributed by atoms with Gasteiger partial charge in [-0.05, 0) is 24.5 Å². The molecule has 2 fully saturated rings. The number of amides is 1. The van der Waals surface area contributed by atoms with E-state index in [1.807, 2.05) is 54.6 Å². The zero-order chi connectivity index (χ0) is 21.2. The lowest BCUT2D eigenvalue weighted by Gasteiger charge is -2.29. The number of benzene rings is 2. The molecule has 6 heteroatoms. The second-order valence-corrected chi connectivity index (χ2v) is 8.91. The first-order chi connectivity index (χ1) is 15.2. The van der Waals surface area contributed by atoms with Gasteiger partial charge in [-0.15, -0.1) is 0 Å². The number of rotatable bonds is 7. The summed E-state index contributed by atoms with van der Waals surface area (Å²) in [5.41, 5.74) is 3.74. The third-order valence-corrected chi connectivity index (χ3v) is 6.48. The van der Waals surface area contributed by atoms with Crippen molar-refractivity contribution in [1.82, 2.24) is 10.3 Å². The first kappa shape index (κ1) is 20.0. The van der Waals surface area contributed by atoms with Gasteiger partial charge in [-0.3, -0.25) is 9.59 Å². The highest BCUT2D eigenvalue weighted by atomic mass is 16.2. The molecule has 1 saturated carbocycles. The maximum absolute atomic E-state index is 13.5. The van der Waals surface area contributed by atoms with Gasteiger partial charge in [0.1, 0.15) is 32.7 Å². The van der Waals surface area contributed by atoms with Crippen LogP contribution in [-0.4, -0.2) is 62.0 Å². The molecule has 2 aliphatic rings. The maximum Gasteiger partial charge on any atom is 0.275 e. The first-order valence-electron chi connectivity index (χ1n) is 11.3. The zero-order valence-electron chi connectivity index (χ0n) is 17.7. The fourth-order valence-corrected chi connectivity index (χ4v) is 4.61. The van der Waals surface area contributed by atoms with E-state index < -0.39 is 0 Å². The van der Waals surface area contributed by atoms with Crippen LogP contribution in [0.4, 0.5) is 0 Å². The van der Waals surface area contributed by atoms with Gasteiger partial charge < -0.3 is 20.1 Å². The summed E-state index contributed by atoms with van der Waals surface area (Å²) in [5.74, 6) is 0.351. The van der Waals surface area contributed by atoms with Gasteiger partial charge in [-0.2, -0.15) is 0 Å². The van der Waals surface area contributed by atoms with Crippen molar-refractivity contribution >= 4 is 22.6 Å². The quantitative estimate of drug-likeness (QED) is 0.411. The first-order valence-corrected chi connectivity index (χ1v) is 11.3. The molecule has 1 amide bonds. The number of carbonyl (C=O) groups excluding carboxylic acids is 2. The van der Waals surface area contributed by atoms with Crippen molar-refractivity contribution in [3.63, 3.8) is 0 Å². The summed E-state index contributed by atoms with van der Waals surface area (Å²) in [6.45, 7) is 4.74. The Morgan fingerprint density at radius 3 is 2.23 bits per heavy atom. The van der Waals surface area contributed by atoms with Crippen molar-refractivity contribution < 1.29 is 19.4 Å². The average molecular weight is 419 g/mol. The van der Waals surface area contributed by atoms with Crippen molar-refractivity contribution in [2.45, 2.75) is 18.9 Å². The minimum atomic E-state index is 0.170. The molecule has 2 aromatic carbocycles. The van der Waals surface area contributed by atoms with E-state index in [4.69, 9.17) is 0 Å². The van der Waals surface area contributed by atoms with Crippen LogP contribution in [0, 0.1) is 0 Å². The van der Waals surface area contributed by atoms with E-state index in [-0.39, 0.29) is 11.7 Å². The van der Waals surface area contributed by atoms with E-state index in [1.165, 1.54) is 9.80 Å². The van der Waals surface area contributed by atoms with Crippen LogP contribution in [0.1, 0.15) is 23.2 Å². The van der Waals surface area contributed by atoms with E-state index in [0.717, 1.165) is 66.7 Å². The Morgan fingerprint density at radius 1 is 0.871 bits per heavy atom. The number of para-hydroxylation sites is 1. The highest BCUT2D eigenvalue weighted by molar-refractivity contribution is 6.13. The summed E-state index contributed by atoms with van der Waals surface area (Å²) in [6.07, 6.45) is 2.25. The number of hydrogen-bond acceptors (Lipinski definition) is 2. The number of carbonyl (C=O) groups is 2. The average Bonchev–Trinajstić information content (AvgIpc) is 3.51. The number of hydrogen-bond donors (Lipinski definition) is 4. The molecule has 0 atom stereocenters. The molecule has 0 bridgehead atoms. The van der Waals surface area contributed by atoms with Crippen LogP contribution < -0.4 is 15.1 Å². The summed E-state index contributed by atoms with van der Waals surface area (Å²) in [7, 11) is 0. The molecule has 5 rings (SSSR count). The van der Waals surface area contributed by atoms with E-state index in [9.17, 15) is 9.59 Å². The predicted octanol–water partition coefficient (Wildman–Crippen LogP) is 0.0796. The van der Waals surface area contributed by atoms with Crippen LogP contribution in [-0.2, 0) is 4.79 Å². The Morgan fingerprint density at radius 2 is 1.52 bits per heavy atom. The van der Waals surface area contributed by atoms with Crippen molar-refractivity contribution in [3.8, 4) is 11.3 Å². The van der Waals surface area contributed by atoms with Gasteiger partial charge in [-0.25, -0.2) is 0 Å². The van der Waals surface area contributed by atoms with Gasteiger partial charge in [0.05, 0.1) is 11.3 Å². The predicted molar refractivity (Wildman–Crippen MR) is 120 cm³/mol. The monoisotopic (exact) mass is 418 g/mol. The molecule has 0 radical (unpaired) electrons. The smallest absolute Gasteiger partial charge is 0.275 e. The number of ketones is 1. The second-order valence-electron chi connectivity index (χ2n) is 8.91. The van der Waals surface area contributed by atoms with Crippen LogP contribution >= 0.6 is 0 Å². The molecular weight excluding hydrogens is 388 g/mol. The number of nitrogens with one attached hydrogen (secondary N) is 4. The number of aromatic nitrogens is 1. The van der Waals surface area contributed by atoms with Gasteiger partial charge in [-0.1, -0.05) is 48.5 Å². The summed E-state index contributed by atoms with van der Waals surface area (Å²) < 4.78 is 0. The standard InChI is InChI=1S/C25H28N4O2/c30-22(16-28-12-14-29(15-13-28)17-23(31)26-19-10-11-19)24-20-8-4-5-9-21(20)27-25(24)18-6-2-1-3-7-18/h1-9,19,27H,10-17H2,(H,26,31)/p+2. The Bertz CT molecular complexity index is 1080. The fraction of sp³-hybridized carbons (Fsp3) is 0.360. The summed E-state index contributed by atoms with van der Waals surface area (Å²) >= 11 is 0. The highest BCUT2D eigenvalue weighted by Crippen LogP contribution is 2.30. The Balaban J connectivity index is 1.27. The minimum absolute atomic E-state index is 0.170. The van der Waals surface area contributed by atoms with Crippen LogP contribution in [0.5, 0.6) is 0 Å². The number of Topliss-reactive ketones (excluding diaryl/α,β-unsaturated/α-hetero) is 1. The van der Waals surface area contributed by atoms with E-state index in [2.05, 4.69) is 10.3 Å². The number of H-pyrrole nitrogens is 1. The molecule has 160 valence electrons. The van der Waals surface area contributed by atoms with Crippen LogP contribution in [0.15, 0.2) is 54.6 Å².